The molecule has 0 fully saturated rings. The molecule has 0 spiro atoms. The van der Waals surface area contributed by atoms with Crippen LogP contribution in [0.15, 0.2) is 21.8 Å². The van der Waals surface area contributed by atoms with Gasteiger partial charge in [0.1, 0.15) is 12.0 Å². The number of hydrogen-bond donors (Lipinski definition) is 2. The zero-order chi connectivity index (χ0) is 15.6. The summed E-state index contributed by atoms with van der Waals surface area (Å²) in [5, 5.41) is 10.6. The molecule has 0 bridgehead atoms. The second-order valence-electron chi connectivity index (χ2n) is 6.16. The molecule has 5 heteroatoms. The van der Waals surface area contributed by atoms with E-state index in [-0.39, 0.29) is 5.41 Å². The molecule has 0 atom stereocenters. The third-order valence-corrected chi connectivity index (χ3v) is 3.43. The number of unbranched alkanes of at least 4 members (excludes halogenated alkanes) is 2. The van der Waals surface area contributed by atoms with Gasteiger partial charge in [0.25, 0.3) is 0 Å². The number of nitrogens with zero attached hydrogens (tertiary/aromatic N) is 2. The molecule has 2 N–H and O–H groups in total. The van der Waals surface area contributed by atoms with E-state index in [0.717, 1.165) is 24.7 Å². The number of nitrogens with one attached hydrogen (secondary N) is 2. The average Bonchev–Trinajstić information content (AvgIpc) is 2.95. The van der Waals surface area contributed by atoms with Gasteiger partial charge in [0, 0.05) is 19.2 Å². The topological polar surface area (TPSA) is 62.5 Å². The predicted octanol–water partition coefficient (Wildman–Crippen LogP) is 3.34. The molecule has 0 saturated heterocycles. The van der Waals surface area contributed by atoms with Gasteiger partial charge in [-0.15, -0.1) is 0 Å². The predicted molar refractivity (Wildman–Crippen MR) is 87.2 cm³/mol. The fourth-order valence-electron chi connectivity index (χ4n) is 2.09. The van der Waals surface area contributed by atoms with E-state index in [9.17, 15) is 0 Å². The summed E-state index contributed by atoms with van der Waals surface area (Å²) in [6.07, 6.45) is 6.67. The number of aliphatic imine (C=N–C) groups is 1. The summed E-state index contributed by atoms with van der Waals surface area (Å²) in [4.78, 5) is 4.53. The monoisotopic (exact) mass is 294 g/mol. The molecule has 0 aromatic carbocycles. The summed E-state index contributed by atoms with van der Waals surface area (Å²) in [5.74, 6) is 0.837. The van der Waals surface area contributed by atoms with Gasteiger partial charge >= 0.3 is 0 Å². The number of aromatic nitrogens is 1. The van der Waals surface area contributed by atoms with Crippen LogP contribution in [0.1, 0.15) is 59.1 Å². The van der Waals surface area contributed by atoms with Crippen LogP contribution in [0.25, 0.3) is 0 Å². The third kappa shape index (κ3) is 7.73. The molecule has 0 aliphatic rings. The fourth-order valence-corrected chi connectivity index (χ4v) is 2.09. The van der Waals surface area contributed by atoms with Crippen molar-refractivity contribution in [1.82, 2.24) is 15.8 Å². The van der Waals surface area contributed by atoms with Crippen LogP contribution in [-0.4, -0.2) is 24.2 Å². The van der Waals surface area contributed by atoms with E-state index < -0.39 is 0 Å². The van der Waals surface area contributed by atoms with Crippen LogP contribution in [0.3, 0.4) is 0 Å². The number of hydrogen-bond acceptors (Lipinski definition) is 3. The summed E-state index contributed by atoms with van der Waals surface area (Å²) >= 11 is 0. The molecule has 1 rings (SSSR count). The van der Waals surface area contributed by atoms with Crippen molar-refractivity contribution in [3.8, 4) is 0 Å². The summed E-state index contributed by atoms with van der Waals surface area (Å²) in [7, 11) is 0. The van der Waals surface area contributed by atoms with Crippen molar-refractivity contribution < 1.29 is 4.52 Å². The third-order valence-electron chi connectivity index (χ3n) is 3.43. The molecule has 21 heavy (non-hydrogen) atoms. The lowest BCUT2D eigenvalue weighted by molar-refractivity contribution is 0.318. The molecular formula is C16H30N4O. The Hall–Kier alpha value is -1.52. The van der Waals surface area contributed by atoms with Crippen molar-refractivity contribution in [2.45, 2.75) is 59.9 Å². The molecule has 0 unspecified atom stereocenters. The molecule has 0 aliphatic heterocycles. The highest BCUT2D eigenvalue weighted by atomic mass is 16.5. The first-order valence-electron chi connectivity index (χ1n) is 7.99. The molecule has 5 nitrogen and oxygen atoms in total. The largest absolute Gasteiger partial charge is 0.364 e. The second kappa shape index (κ2) is 9.42. The molecular weight excluding hydrogens is 264 g/mol. The van der Waals surface area contributed by atoms with E-state index in [1.807, 2.05) is 6.07 Å². The minimum absolute atomic E-state index is 0.277. The Kier molecular flexibility index (Phi) is 7.87. The van der Waals surface area contributed by atoms with Gasteiger partial charge in [-0.25, -0.2) is 4.99 Å². The van der Waals surface area contributed by atoms with Gasteiger partial charge in [-0.3, -0.25) is 0 Å². The number of guanidine groups is 1. The van der Waals surface area contributed by atoms with Gasteiger partial charge in [0.2, 0.25) is 0 Å². The van der Waals surface area contributed by atoms with Crippen molar-refractivity contribution in [2.24, 2.45) is 10.4 Å². The van der Waals surface area contributed by atoms with E-state index in [1.54, 1.807) is 6.26 Å². The van der Waals surface area contributed by atoms with Crippen molar-refractivity contribution >= 4 is 5.96 Å². The van der Waals surface area contributed by atoms with E-state index in [1.165, 1.54) is 25.7 Å². The summed E-state index contributed by atoms with van der Waals surface area (Å²) in [6, 6.07) is 1.84. The lowest BCUT2D eigenvalue weighted by Crippen LogP contribution is -2.42. The highest BCUT2D eigenvalue weighted by Gasteiger charge is 2.17. The zero-order valence-electron chi connectivity index (χ0n) is 13.9. The molecule has 1 aromatic heterocycles. The first-order chi connectivity index (χ1) is 10.1. The molecule has 120 valence electrons. The molecule has 0 saturated carbocycles. The van der Waals surface area contributed by atoms with Crippen LogP contribution < -0.4 is 10.6 Å². The normalized spacial score (nSPS) is 12.5. The van der Waals surface area contributed by atoms with E-state index in [0.29, 0.717) is 6.54 Å². The van der Waals surface area contributed by atoms with Gasteiger partial charge in [0.05, 0.1) is 6.54 Å². The van der Waals surface area contributed by atoms with Gasteiger partial charge in [-0.05, 0) is 18.8 Å². The van der Waals surface area contributed by atoms with Crippen molar-refractivity contribution in [1.29, 1.82) is 0 Å². The summed E-state index contributed by atoms with van der Waals surface area (Å²) in [6.45, 7) is 11.2. The van der Waals surface area contributed by atoms with Gasteiger partial charge < -0.3 is 15.2 Å². The number of rotatable bonds is 9. The quantitative estimate of drug-likeness (QED) is 0.416. The maximum Gasteiger partial charge on any atom is 0.191 e. The molecule has 0 radical (unpaired) electrons. The first-order valence-corrected chi connectivity index (χ1v) is 7.99. The van der Waals surface area contributed by atoms with Crippen LogP contribution in [0.5, 0.6) is 0 Å². The minimum Gasteiger partial charge on any atom is -0.364 e. The van der Waals surface area contributed by atoms with Crippen LogP contribution in [-0.2, 0) is 6.54 Å². The molecule has 1 aromatic rings. The highest BCUT2D eigenvalue weighted by Crippen LogP contribution is 2.22. The van der Waals surface area contributed by atoms with Crippen LogP contribution in [0.4, 0.5) is 0 Å². The summed E-state index contributed by atoms with van der Waals surface area (Å²) < 4.78 is 4.82. The van der Waals surface area contributed by atoms with Crippen molar-refractivity contribution in [3.05, 3.63) is 18.0 Å². The maximum atomic E-state index is 4.82. The molecule has 1 heterocycles. The Morgan fingerprint density at radius 3 is 2.71 bits per heavy atom. The lowest BCUT2D eigenvalue weighted by Gasteiger charge is -2.26. The SMILES string of the molecule is CCCCCC(C)(C)CNC(=NCc1ccon1)NCC. The summed E-state index contributed by atoms with van der Waals surface area (Å²) in [5.41, 5.74) is 1.12. The average molecular weight is 294 g/mol. The standard InChI is InChI=1S/C16H30N4O/c1-5-7-8-10-16(3,4)13-19-15(17-6-2)18-12-14-9-11-21-20-14/h9,11H,5-8,10,12-13H2,1-4H3,(H2,17,18,19). The first kappa shape index (κ1) is 17.5. The van der Waals surface area contributed by atoms with Gasteiger partial charge in [-0.2, -0.15) is 0 Å². The fraction of sp³-hybridized carbons (Fsp3) is 0.750. The molecule has 0 amide bonds. The Morgan fingerprint density at radius 1 is 1.29 bits per heavy atom. The Bertz CT molecular complexity index is 398. The van der Waals surface area contributed by atoms with Crippen LogP contribution in [0, 0.1) is 5.41 Å². The Labute approximate surface area is 128 Å². The second-order valence-corrected chi connectivity index (χ2v) is 6.16. The zero-order valence-corrected chi connectivity index (χ0v) is 13.9. The van der Waals surface area contributed by atoms with Crippen LogP contribution >= 0.6 is 0 Å². The smallest absolute Gasteiger partial charge is 0.191 e. The minimum atomic E-state index is 0.277. The Morgan fingerprint density at radius 2 is 2.10 bits per heavy atom. The van der Waals surface area contributed by atoms with E-state index >= 15 is 0 Å². The van der Waals surface area contributed by atoms with Crippen LogP contribution in [0.2, 0.25) is 0 Å². The van der Waals surface area contributed by atoms with E-state index in [4.69, 9.17) is 4.52 Å². The van der Waals surface area contributed by atoms with E-state index in [2.05, 4.69) is 48.5 Å². The van der Waals surface area contributed by atoms with Crippen molar-refractivity contribution in [3.63, 3.8) is 0 Å². The highest BCUT2D eigenvalue weighted by molar-refractivity contribution is 5.79. The van der Waals surface area contributed by atoms with Crippen molar-refractivity contribution in [2.75, 3.05) is 13.1 Å². The van der Waals surface area contributed by atoms with Gasteiger partial charge in [-0.1, -0.05) is 45.2 Å². The van der Waals surface area contributed by atoms with Gasteiger partial charge in [0.15, 0.2) is 5.96 Å². The Balaban J connectivity index is 2.44. The molecule has 0 aliphatic carbocycles. The maximum absolute atomic E-state index is 4.82. The lowest BCUT2D eigenvalue weighted by atomic mass is 9.87.